The molecule has 2 rings (SSSR count). The van der Waals surface area contributed by atoms with Gasteiger partial charge in [-0.05, 0) is 38.4 Å². The highest BCUT2D eigenvalue weighted by atomic mass is 15.3. The molecule has 0 aliphatic heterocycles. The third kappa shape index (κ3) is 6.56. The van der Waals surface area contributed by atoms with Gasteiger partial charge in [-0.2, -0.15) is 15.4 Å². The fourth-order valence-electron chi connectivity index (χ4n) is 3.42. The average Bonchev–Trinajstić information content (AvgIpc) is 3.10. The van der Waals surface area contributed by atoms with E-state index < -0.39 is 0 Å². The third-order valence-electron chi connectivity index (χ3n) is 5.05. The van der Waals surface area contributed by atoms with E-state index in [0.29, 0.717) is 0 Å². The Morgan fingerprint density at radius 1 is 0.846 bits per heavy atom. The van der Waals surface area contributed by atoms with Gasteiger partial charge >= 0.3 is 0 Å². The van der Waals surface area contributed by atoms with Gasteiger partial charge in [0.2, 0.25) is 0 Å². The van der Waals surface area contributed by atoms with Gasteiger partial charge in [0.05, 0.1) is 0 Å². The zero-order chi connectivity index (χ0) is 18.6. The first-order valence-electron chi connectivity index (χ1n) is 10.4. The lowest BCUT2D eigenvalue weighted by atomic mass is 10.0. The van der Waals surface area contributed by atoms with Crippen molar-refractivity contribution in [3.05, 3.63) is 35.5 Å². The number of aromatic nitrogens is 3. The first-order valence-corrected chi connectivity index (χ1v) is 10.4. The van der Waals surface area contributed by atoms with Crippen molar-refractivity contribution in [2.75, 3.05) is 13.1 Å². The monoisotopic (exact) mass is 356 g/mol. The van der Waals surface area contributed by atoms with Crippen molar-refractivity contribution in [3.63, 3.8) is 0 Å². The molecule has 0 unspecified atom stereocenters. The summed E-state index contributed by atoms with van der Waals surface area (Å²) in [5.74, 6) is 0. The average molecular weight is 357 g/mol. The van der Waals surface area contributed by atoms with Gasteiger partial charge < -0.3 is 0 Å². The second kappa shape index (κ2) is 11.8. The predicted octanol–water partition coefficient (Wildman–Crippen LogP) is 5.74. The van der Waals surface area contributed by atoms with E-state index in [9.17, 15) is 0 Å². The Morgan fingerprint density at radius 2 is 1.50 bits per heavy atom. The molecule has 0 amide bonds. The zero-order valence-corrected chi connectivity index (χ0v) is 16.9. The lowest BCUT2D eigenvalue weighted by Gasteiger charge is -2.22. The molecule has 4 nitrogen and oxygen atoms in total. The summed E-state index contributed by atoms with van der Waals surface area (Å²) in [6, 6.07) is 8.44. The van der Waals surface area contributed by atoms with Gasteiger partial charge in [-0.3, -0.25) is 4.90 Å². The van der Waals surface area contributed by atoms with E-state index >= 15 is 0 Å². The van der Waals surface area contributed by atoms with Crippen LogP contribution in [0.15, 0.2) is 24.3 Å². The molecule has 1 aromatic carbocycles. The van der Waals surface area contributed by atoms with Crippen LogP contribution in [0.4, 0.5) is 0 Å². The van der Waals surface area contributed by atoms with Crippen molar-refractivity contribution < 1.29 is 0 Å². The number of unbranched alkanes of at least 4 members (excludes halogenated alkanes) is 6. The summed E-state index contributed by atoms with van der Waals surface area (Å²) in [7, 11) is 0. The molecule has 26 heavy (non-hydrogen) atoms. The SMILES string of the molecule is CCCCCCN(CCCCCC)Cc1n[nH]nc1-c1ccccc1C. The Kier molecular flexibility index (Phi) is 9.40. The molecule has 4 heteroatoms. The van der Waals surface area contributed by atoms with Crippen molar-refractivity contribution in [3.8, 4) is 11.3 Å². The molecule has 2 aromatic rings. The standard InChI is InChI=1S/C22H36N4/c1-4-6-8-12-16-26(17-13-9-7-5-2)18-21-22(24-25-23-21)20-15-11-10-14-19(20)3/h10-11,14-15H,4-9,12-13,16-18H2,1-3H3,(H,23,24,25). The fraction of sp³-hybridized carbons (Fsp3) is 0.636. The number of hydrogen-bond donors (Lipinski definition) is 1. The van der Waals surface area contributed by atoms with Crippen LogP contribution in [0.3, 0.4) is 0 Å². The Balaban J connectivity index is 2.02. The van der Waals surface area contributed by atoms with Crippen molar-refractivity contribution in [1.82, 2.24) is 20.3 Å². The minimum atomic E-state index is 0.887. The predicted molar refractivity (Wildman–Crippen MR) is 110 cm³/mol. The molecule has 0 aliphatic rings. The molecule has 1 heterocycles. The Bertz CT molecular complexity index is 608. The molecule has 144 valence electrons. The topological polar surface area (TPSA) is 44.8 Å². The van der Waals surface area contributed by atoms with E-state index in [1.54, 1.807) is 0 Å². The molecular weight excluding hydrogens is 320 g/mol. The molecule has 0 saturated heterocycles. The Hall–Kier alpha value is -1.68. The molecule has 1 N–H and O–H groups in total. The number of H-pyrrole nitrogens is 1. The van der Waals surface area contributed by atoms with Crippen LogP contribution < -0.4 is 0 Å². The highest BCUT2D eigenvalue weighted by Gasteiger charge is 2.15. The number of nitrogens with one attached hydrogen (secondary N) is 1. The summed E-state index contributed by atoms with van der Waals surface area (Å²) in [5.41, 5.74) is 4.52. The summed E-state index contributed by atoms with van der Waals surface area (Å²) in [5, 5.41) is 11.8. The lowest BCUT2D eigenvalue weighted by molar-refractivity contribution is 0.250. The lowest BCUT2D eigenvalue weighted by Crippen LogP contribution is -2.26. The molecular formula is C22H36N4. The maximum atomic E-state index is 4.48. The van der Waals surface area contributed by atoms with Crippen LogP contribution in [-0.4, -0.2) is 33.4 Å². The second-order valence-corrected chi connectivity index (χ2v) is 7.33. The second-order valence-electron chi connectivity index (χ2n) is 7.33. The number of hydrogen-bond acceptors (Lipinski definition) is 3. The van der Waals surface area contributed by atoms with Crippen LogP contribution in [-0.2, 0) is 6.54 Å². The molecule has 0 saturated carbocycles. The first kappa shape index (κ1) is 20.6. The highest BCUT2D eigenvalue weighted by Crippen LogP contribution is 2.24. The number of aromatic amines is 1. The molecule has 0 bridgehead atoms. The maximum Gasteiger partial charge on any atom is 0.117 e. The van der Waals surface area contributed by atoms with Gasteiger partial charge in [0.25, 0.3) is 0 Å². The number of nitrogens with zero attached hydrogens (tertiary/aromatic N) is 3. The van der Waals surface area contributed by atoms with Gasteiger partial charge in [0, 0.05) is 12.1 Å². The van der Waals surface area contributed by atoms with E-state index in [0.717, 1.165) is 31.0 Å². The number of aryl methyl sites for hydroxylation is 1. The minimum absolute atomic E-state index is 0.887. The Labute approximate surface area is 159 Å². The normalized spacial score (nSPS) is 11.4. The summed E-state index contributed by atoms with van der Waals surface area (Å²) in [6.07, 6.45) is 10.5. The minimum Gasteiger partial charge on any atom is -0.297 e. The molecule has 0 fully saturated rings. The van der Waals surface area contributed by atoms with Crippen LogP contribution in [0.2, 0.25) is 0 Å². The van der Waals surface area contributed by atoms with Crippen LogP contribution >= 0.6 is 0 Å². The smallest absolute Gasteiger partial charge is 0.117 e. The molecule has 0 atom stereocenters. The van der Waals surface area contributed by atoms with Crippen molar-refractivity contribution in [2.45, 2.75) is 78.7 Å². The summed E-state index contributed by atoms with van der Waals surface area (Å²) in [4.78, 5) is 2.57. The third-order valence-corrected chi connectivity index (χ3v) is 5.05. The van der Waals surface area contributed by atoms with Gasteiger partial charge in [0.1, 0.15) is 11.4 Å². The molecule has 1 aromatic heterocycles. The van der Waals surface area contributed by atoms with Crippen LogP contribution in [0.25, 0.3) is 11.3 Å². The van der Waals surface area contributed by atoms with Crippen LogP contribution in [0.1, 0.15) is 76.5 Å². The van der Waals surface area contributed by atoms with E-state index in [1.165, 1.54) is 62.5 Å². The van der Waals surface area contributed by atoms with Crippen molar-refractivity contribution >= 4 is 0 Å². The molecule has 0 spiro atoms. The van der Waals surface area contributed by atoms with Crippen molar-refractivity contribution in [1.29, 1.82) is 0 Å². The van der Waals surface area contributed by atoms with Crippen LogP contribution in [0.5, 0.6) is 0 Å². The number of benzene rings is 1. The Morgan fingerprint density at radius 3 is 2.12 bits per heavy atom. The van der Waals surface area contributed by atoms with E-state index in [4.69, 9.17) is 0 Å². The first-order chi connectivity index (χ1) is 12.8. The highest BCUT2D eigenvalue weighted by molar-refractivity contribution is 5.64. The van der Waals surface area contributed by atoms with Crippen LogP contribution in [0, 0.1) is 6.92 Å². The summed E-state index contributed by atoms with van der Waals surface area (Å²) in [6.45, 7) is 9.89. The summed E-state index contributed by atoms with van der Waals surface area (Å²) >= 11 is 0. The van der Waals surface area contributed by atoms with Gasteiger partial charge in [-0.15, -0.1) is 0 Å². The fourth-order valence-corrected chi connectivity index (χ4v) is 3.42. The molecule has 0 aliphatic carbocycles. The number of rotatable bonds is 13. The summed E-state index contributed by atoms with van der Waals surface area (Å²) < 4.78 is 0. The van der Waals surface area contributed by atoms with E-state index in [1.807, 2.05) is 0 Å². The van der Waals surface area contributed by atoms with Gasteiger partial charge in [-0.25, -0.2) is 0 Å². The van der Waals surface area contributed by atoms with Crippen molar-refractivity contribution in [2.24, 2.45) is 0 Å². The largest absolute Gasteiger partial charge is 0.297 e. The van der Waals surface area contributed by atoms with E-state index in [-0.39, 0.29) is 0 Å². The zero-order valence-electron chi connectivity index (χ0n) is 16.9. The van der Waals surface area contributed by atoms with Gasteiger partial charge in [0.15, 0.2) is 0 Å². The maximum absolute atomic E-state index is 4.48. The van der Waals surface area contributed by atoms with E-state index in [2.05, 4.69) is 65.3 Å². The quantitative estimate of drug-likeness (QED) is 0.465. The molecule has 0 radical (unpaired) electrons. The van der Waals surface area contributed by atoms with Gasteiger partial charge in [-0.1, -0.05) is 76.6 Å².